The van der Waals surface area contributed by atoms with E-state index >= 15 is 0 Å². The lowest BCUT2D eigenvalue weighted by atomic mass is 9.57. The molecule has 2 unspecified atom stereocenters. The third-order valence-electron chi connectivity index (χ3n) is 10.1. The molecule has 7 rings (SSSR count). The summed E-state index contributed by atoms with van der Waals surface area (Å²) in [4.78, 5) is 49.2. The van der Waals surface area contributed by atoms with Crippen LogP contribution in [0.15, 0.2) is 0 Å². The van der Waals surface area contributed by atoms with E-state index < -0.39 is 78.4 Å². The van der Waals surface area contributed by atoms with Gasteiger partial charge in [0.2, 0.25) is 5.79 Å². The molecule has 6 aliphatic heterocycles. The monoisotopic (exact) mass is 628 g/mol. The normalized spacial score (nSPS) is 49.3. The number of rotatable bonds is 7. The Hall–Kier alpha value is -1.91. The molecule has 7 aliphatic rings. The molecule has 0 N–H and O–H groups in total. The van der Waals surface area contributed by atoms with E-state index in [4.69, 9.17) is 52.4 Å². The van der Waals surface area contributed by atoms with Crippen molar-refractivity contribution in [1.82, 2.24) is 0 Å². The van der Waals surface area contributed by atoms with E-state index in [1.54, 1.807) is 6.92 Å². The summed E-state index contributed by atoms with van der Waals surface area (Å²) in [5, 5.41) is 0. The molecule has 1 aliphatic carbocycles. The van der Waals surface area contributed by atoms with Gasteiger partial charge in [-0.2, -0.15) is 0 Å². The highest BCUT2D eigenvalue weighted by Crippen LogP contribution is 2.62. The van der Waals surface area contributed by atoms with E-state index in [2.05, 4.69) is 6.92 Å². The quantitative estimate of drug-likeness (QED) is 0.230. The molecule has 2 bridgehead atoms. The molecular weight excluding hydrogens is 584 g/mol. The van der Waals surface area contributed by atoms with Gasteiger partial charge in [-0.1, -0.05) is 6.92 Å². The molecule has 1 saturated carbocycles. The minimum absolute atomic E-state index is 0.0267. The van der Waals surface area contributed by atoms with Crippen LogP contribution in [-0.2, 0) is 66.8 Å². The predicted octanol–water partition coefficient (Wildman–Crippen LogP) is 2.49. The number of hydrogen-bond acceptors (Lipinski definition) is 14. The van der Waals surface area contributed by atoms with Crippen LogP contribution in [0.2, 0.25) is 0 Å². The van der Waals surface area contributed by atoms with Gasteiger partial charge >= 0.3 is 17.9 Å². The molecule has 0 aromatic carbocycles. The molecule has 14 heteroatoms. The first-order valence-corrected chi connectivity index (χ1v) is 15.6. The van der Waals surface area contributed by atoms with Gasteiger partial charge in [-0.15, -0.1) is 0 Å². The second-order valence-electron chi connectivity index (χ2n) is 13.1. The van der Waals surface area contributed by atoms with Gasteiger partial charge in [0.25, 0.3) is 0 Å². The van der Waals surface area contributed by atoms with Gasteiger partial charge in [-0.3, -0.25) is 9.59 Å². The highest BCUT2D eigenvalue weighted by atomic mass is 17.3. The van der Waals surface area contributed by atoms with Gasteiger partial charge in [-0.25, -0.2) is 14.6 Å². The zero-order chi connectivity index (χ0) is 31.6. The van der Waals surface area contributed by atoms with Gasteiger partial charge in [-0.05, 0) is 51.9 Å². The van der Waals surface area contributed by atoms with Crippen molar-refractivity contribution in [2.45, 2.75) is 134 Å². The van der Waals surface area contributed by atoms with Crippen molar-refractivity contribution in [3.63, 3.8) is 0 Å². The lowest BCUT2D eigenvalue weighted by Crippen LogP contribution is -2.70. The number of hydrogen-bond donors (Lipinski definition) is 0. The SMILES string of the molecule is CCO[C@H]1O[C@@H]2O[C@@]3(C)CC[C@H]4[C@H](C[C@@]5(C)OC6O[C@@H](C(=O)OC)[C@H](OC(C)=O)[C@@H](OC(C)=O)C6O5)CC[C@@H]([C@H]1C)[C@@]24OO3. The van der Waals surface area contributed by atoms with Gasteiger partial charge in [0.1, 0.15) is 0 Å². The molecule has 14 nitrogen and oxygen atoms in total. The van der Waals surface area contributed by atoms with Crippen LogP contribution in [0.25, 0.3) is 0 Å². The molecule has 0 aromatic heterocycles. The zero-order valence-corrected chi connectivity index (χ0v) is 26.3. The predicted molar refractivity (Wildman–Crippen MR) is 144 cm³/mol. The van der Waals surface area contributed by atoms with Crippen molar-refractivity contribution in [3.05, 3.63) is 0 Å². The number of esters is 3. The molecule has 0 amide bonds. The topological polar surface area (TPSA) is 153 Å². The molecule has 6 heterocycles. The second-order valence-corrected chi connectivity index (χ2v) is 13.1. The van der Waals surface area contributed by atoms with E-state index in [0.717, 1.165) is 19.3 Å². The number of carbonyl (C=O) groups excluding carboxylic acids is 3. The van der Waals surface area contributed by atoms with Crippen molar-refractivity contribution >= 4 is 17.9 Å². The summed E-state index contributed by atoms with van der Waals surface area (Å²) in [6.45, 7) is 10.6. The molecule has 14 atom stereocenters. The van der Waals surface area contributed by atoms with Crippen molar-refractivity contribution in [2.75, 3.05) is 13.7 Å². The zero-order valence-electron chi connectivity index (χ0n) is 26.3. The third-order valence-corrected chi connectivity index (χ3v) is 10.1. The van der Waals surface area contributed by atoms with Crippen LogP contribution in [0.1, 0.15) is 73.6 Å². The van der Waals surface area contributed by atoms with E-state index in [1.807, 2.05) is 13.8 Å². The molecule has 1 spiro atoms. The highest BCUT2D eigenvalue weighted by molar-refractivity contribution is 5.77. The van der Waals surface area contributed by atoms with Gasteiger partial charge in [0, 0.05) is 45.1 Å². The van der Waals surface area contributed by atoms with E-state index in [-0.39, 0.29) is 23.7 Å². The molecular formula is C30H44O14. The summed E-state index contributed by atoms with van der Waals surface area (Å²) >= 11 is 0. The first kappa shape index (κ1) is 32.0. The van der Waals surface area contributed by atoms with E-state index in [0.29, 0.717) is 19.4 Å². The molecule has 248 valence electrons. The summed E-state index contributed by atoms with van der Waals surface area (Å²) in [5.74, 6) is -4.22. The molecule has 6 saturated heterocycles. The summed E-state index contributed by atoms with van der Waals surface area (Å²) in [6.07, 6.45) is -3.61. The van der Waals surface area contributed by atoms with Crippen LogP contribution < -0.4 is 0 Å². The maximum Gasteiger partial charge on any atom is 0.339 e. The van der Waals surface area contributed by atoms with Crippen molar-refractivity contribution in [1.29, 1.82) is 0 Å². The molecule has 0 aromatic rings. The van der Waals surface area contributed by atoms with Crippen LogP contribution in [0.3, 0.4) is 0 Å². The number of ether oxygens (including phenoxy) is 9. The average Bonchev–Trinajstić information content (AvgIpc) is 3.12. The number of carbonyl (C=O) groups is 3. The Morgan fingerprint density at radius 3 is 2.30 bits per heavy atom. The second kappa shape index (κ2) is 11.7. The summed E-state index contributed by atoms with van der Waals surface area (Å²) in [7, 11) is 1.19. The fraction of sp³-hybridized carbons (Fsp3) is 0.900. The van der Waals surface area contributed by atoms with E-state index in [1.165, 1.54) is 21.0 Å². The van der Waals surface area contributed by atoms with Crippen LogP contribution in [0.5, 0.6) is 0 Å². The van der Waals surface area contributed by atoms with Gasteiger partial charge in [0.15, 0.2) is 54.7 Å². The lowest BCUT2D eigenvalue weighted by Gasteiger charge is -2.60. The summed E-state index contributed by atoms with van der Waals surface area (Å²) < 4.78 is 53.6. The fourth-order valence-electron chi connectivity index (χ4n) is 8.41. The van der Waals surface area contributed by atoms with Crippen molar-refractivity contribution < 1.29 is 66.8 Å². The minimum Gasteiger partial charge on any atom is -0.467 e. The van der Waals surface area contributed by atoms with Gasteiger partial charge in [0.05, 0.1) is 7.11 Å². The van der Waals surface area contributed by atoms with Crippen molar-refractivity contribution in [2.24, 2.45) is 23.7 Å². The fourth-order valence-corrected chi connectivity index (χ4v) is 8.41. The Kier molecular flexibility index (Phi) is 8.53. The average molecular weight is 629 g/mol. The molecule has 0 radical (unpaired) electrons. The Labute approximate surface area is 256 Å². The Morgan fingerprint density at radius 1 is 0.886 bits per heavy atom. The van der Waals surface area contributed by atoms with Gasteiger partial charge < -0.3 is 42.6 Å². The highest BCUT2D eigenvalue weighted by Gasteiger charge is 2.71. The van der Waals surface area contributed by atoms with Crippen LogP contribution >= 0.6 is 0 Å². The Balaban J connectivity index is 1.27. The molecule has 44 heavy (non-hydrogen) atoms. The van der Waals surface area contributed by atoms with Crippen LogP contribution in [0.4, 0.5) is 0 Å². The third kappa shape index (κ3) is 5.34. The standard InChI is InChI=1S/C30H44O14/c1-8-35-25-14(2)18-10-9-17(19-11-12-28(5)42-27(39-25)30(18,19)44-43-28)13-29(6)40-23-21(37-16(4)32)20(36-15(3)31)22(24(33)34-7)38-26(23)41-29/h14,17-23,25-27H,8-13H2,1-7H3/t14-,17+,18+,19+,20-,21-,22-,23?,25+,26?,27-,28-,29-,30+/m1/s1. The largest absolute Gasteiger partial charge is 0.467 e. The van der Waals surface area contributed by atoms with Crippen LogP contribution in [-0.4, -0.2) is 92.1 Å². The molecule has 7 fully saturated rings. The summed E-state index contributed by atoms with van der Waals surface area (Å²) in [6, 6.07) is 0. The maximum atomic E-state index is 12.7. The maximum absolute atomic E-state index is 12.7. The Bertz CT molecular complexity index is 1130. The Morgan fingerprint density at radius 2 is 1.61 bits per heavy atom. The first-order valence-electron chi connectivity index (χ1n) is 15.6. The lowest BCUT2D eigenvalue weighted by molar-refractivity contribution is -0.577. The number of methoxy groups -OCH3 is 1. The van der Waals surface area contributed by atoms with E-state index in [9.17, 15) is 14.4 Å². The first-order chi connectivity index (χ1) is 20.8. The smallest absolute Gasteiger partial charge is 0.339 e. The van der Waals surface area contributed by atoms with Crippen molar-refractivity contribution in [3.8, 4) is 0 Å². The van der Waals surface area contributed by atoms with Crippen LogP contribution in [0, 0.1) is 23.7 Å². The minimum atomic E-state index is -1.39. The summed E-state index contributed by atoms with van der Waals surface area (Å²) in [5.41, 5.74) is -0.860. The number of fused-ring (bicyclic) bond motifs is 3.